The number of para-hydroxylation sites is 1. The molecular formula is C22H22N2O6S2. The normalized spacial score (nSPS) is 11.0. The van der Waals surface area contributed by atoms with E-state index < -0.39 is 21.9 Å². The minimum atomic E-state index is -3.93. The van der Waals surface area contributed by atoms with Crippen LogP contribution in [-0.4, -0.2) is 34.0 Å². The first-order valence-electron chi connectivity index (χ1n) is 9.60. The Labute approximate surface area is 190 Å². The van der Waals surface area contributed by atoms with Crippen molar-refractivity contribution in [3.63, 3.8) is 0 Å². The molecule has 1 aromatic heterocycles. The van der Waals surface area contributed by atoms with Gasteiger partial charge in [-0.15, -0.1) is 11.3 Å². The van der Waals surface area contributed by atoms with Gasteiger partial charge < -0.3 is 14.8 Å². The summed E-state index contributed by atoms with van der Waals surface area (Å²) in [4.78, 5) is 25.3. The van der Waals surface area contributed by atoms with Crippen molar-refractivity contribution in [2.75, 3.05) is 23.8 Å². The van der Waals surface area contributed by atoms with E-state index in [4.69, 9.17) is 9.47 Å². The van der Waals surface area contributed by atoms with Crippen LogP contribution < -0.4 is 14.8 Å². The molecule has 168 valence electrons. The Hall–Kier alpha value is -3.37. The highest BCUT2D eigenvalue weighted by atomic mass is 32.2. The Bertz CT molecular complexity index is 1230. The van der Waals surface area contributed by atoms with Crippen molar-refractivity contribution in [2.24, 2.45) is 0 Å². The molecule has 1 heterocycles. The third-order valence-corrected chi connectivity index (χ3v) is 6.92. The SMILES string of the molecule is CCOC(=O)c1sc(NC(=O)c2ccccc2NS(=O)(=O)c2ccc(OC)cc2)cc1C. The maximum atomic E-state index is 12.9. The number of esters is 1. The number of amides is 1. The van der Waals surface area contributed by atoms with E-state index in [1.54, 1.807) is 32.0 Å². The first-order chi connectivity index (χ1) is 15.2. The molecule has 0 spiro atoms. The van der Waals surface area contributed by atoms with Gasteiger partial charge in [-0.05, 0) is 61.9 Å². The van der Waals surface area contributed by atoms with Crippen molar-refractivity contribution in [1.82, 2.24) is 0 Å². The van der Waals surface area contributed by atoms with Crippen LogP contribution in [0.1, 0.15) is 32.5 Å². The Morgan fingerprint density at radius 1 is 1.06 bits per heavy atom. The molecule has 0 unspecified atom stereocenters. The minimum Gasteiger partial charge on any atom is -0.497 e. The van der Waals surface area contributed by atoms with Gasteiger partial charge in [0.05, 0.1) is 34.9 Å². The summed E-state index contributed by atoms with van der Waals surface area (Å²) in [7, 11) is -2.44. The summed E-state index contributed by atoms with van der Waals surface area (Å²) in [5.41, 5.74) is 0.935. The topological polar surface area (TPSA) is 111 Å². The lowest BCUT2D eigenvalue weighted by molar-refractivity contribution is 0.0531. The average molecular weight is 475 g/mol. The molecule has 32 heavy (non-hydrogen) atoms. The number of carbonyl (C=O) groups excluding carboxylic acids is 2. The summed E-state index contributed by atoms with van der Waals surface area (Å²) in [5.74, 6) is -0.449. The minimum absolute atomic E-state index is 0.0291. The molecule has 3 aromatic rings. The fourth-order valence-corrected chi connectivity index (χ4v) is 4.89. The molecule has 0 aliphatic heterocycles. The van der Waals surface area contributed by atoms with E-state index in [9.17, 15) is 18.0 Å². The lowest BCUT2D eigenvalue weighted by Gasteiger charge is -2.12. The van der Waals surface area contributed by atoms with E-state index in [0.29, 0.717) is 21.2 Å². The van der Waals surface area contributed by atoms with Crippen molar-refractivity contribution >= 4 is 43.9 Å². The number of anilines is 2. The number of sulfonamides is 1. The van der Waals surface area contributed by atoms with Gasteiger partial charge in [0.2, 0.25) is 0 Å². The summed E-state index contributed by atoms with van der Waals surface area (Å²) >= 11 is 1.09. The number of thiophene rings is 1. The molecule has 0 atom stereocenters. The van der Waals surface area contributed by atoms with Crippen molar-refractivity contribution in [1.29, 1.82) is 0 Å². The molecule has 10 heteroatoms. The summed E-state index contributed by atoms with van der Waals surface area (Å²) in [5, 5.41) is 3.17. The first-order valence-corrected chi connectivity index (χ1v) is 11.9. The number of hydrogen-bond donors (Lipinski definition) is 2. The molecule has 2 aromatic carbocycles. The smallest absolute Gasteiger partial charge is 0.348 e. The molecule has 0 aliphatic carbocycles. The van der Waals surface area contributed by atoms with Crippen LogP contribution in [0.5, 0.6) is 5.75 Å². The summed E-state index contributed by atoms with van der Waals surface area (Å²) < 4.78 is 38.1. The highest BCUT2D eigenvalue weighted by molar-refractivity contribution is 7.92. The monoisotopic (exact) mass is 474 g/mol. The zero-order chi connectivity index (χ0) is 23.3. The van der Waals surface area contributed by atoms with E-state index in [2.05, 4.69) is 10.0 Å². The standard InChI is InChI=1S/C22H22N2O6S2/c1-4-30-22(26)20-14(2)13-19(31-20)23-21(25)17-7-5-6-8-18(17)24-32(27,28)16-11-9-15(29-3)10-12-16/h5-13,24H,4H2,1-3H3,(H,23,25). The third kappa shape index (κ3) is 5.27. The second-order valence-electron chi connectivity index (χ2n) is 6.62. The van der Waals surface area contributed by atoms with Crippen molar-refractivity contribution in [2.45, 2.75) is 18.7 Å². The number of rotatable bonds is 8. The number of carbonyl (C=O) groups is 2. The van der Waals surface area contributed by atoms with Crippen LogP contribution in [-0.2, 0) is 14.8 Å². The fourth-order valence-electron chi connectivity index (χ4n) is 2.85. The van der Waals surface area contributed by atoms with Crippen LogP contribution in [0.25, 0.3) is 0 Å². The van der Waals surface area contributed by atoms with Gasteiger partial charge in [-0.1, -0.05) is 12.1 Å². The van der Waals surface area contributed by atoms with Gasteiger partial charge in [0.15, 0.2) is 0 Å². The Morgan fingerprint density at radius 3 is 2.41 bits per heavy atom. The van der Waals surface area contributed by atoms with Gasteiger partial charge in [-0.2, -0.15) is 0 Å². The van der Waals surface area contributed by atoms with Gasteiger partial charge in [0.25, 0.3) is 15.9 Å². The average Bonchev–Trinajstić information content (AvgIpc) is 3.14. The van der Waals surface area contributed by atoms with Crippen LogP contribution in [0.15, 0.2) is 59.5 Å². The molecule has 3 rings (SSSR count). The molecule has 0 saturated carbocycles. The predicted octanol–water partition coefficient (Wildman–Crippen LogP) is 4.29. The van der Waals surface area contributed by atoms with Crippen LogP contribution in [0, 0.1) is 6.92 Å². The lowest BCUT2D eigenvalue weighted by atomic mass is 10.1. The number of aryl methyl sites for hydroxylation is 1. The highest BCUT2D eigenvalue weighted by Crippen LogP contribution is 2.29. The van der Waals surface area contributed by atoms with Crippen LogP contribution >= 0.6 is 11.3 Å². The van der Waals surface area contributed by atoms with Crippen LogP contribution in [0.3, 0.4) is 0 Å². The summed E-state index contributed by atoms with van der Waals surface area (Å²) in [6.07, 6.45) is 0. The summed E-state index contributed by atoms with van der Waals surface area (Å²) in [6, 6.07) is 13.8. The molecule has 0 saturated heterocycles. The van der Waals surface area contributed by atoms with Crippen molar-refractivity contribution in [3.05, 3.63) is 70.6 Å². The molecule has 0 aliphatic rings. The van der Waals surface area contributed by atoms with E-state index in [0.717, 1.165) is 11.3 Å². The first kappa shape index (κ1) is 23.3. The zero-order valence-electron chi connectivity index (χ0n) is 17.7. The number of benzene rings is 2. The zero-order valence-corrected chi connectivity index (χ0v) is 19.3. The molecule has 0 bridgehead atoms. The number of methoxy groups -OCH3 is 1. The Morgan fingerprint density at radius 2 is 1.75 bits per heavy atom. The molecular weight excluding hydrogens is 452 g/mol. The largest absolute Gasteiger partial charge is 0.497 e. The van der Waals surface area contributed by atoms with Crippen LogP contribution in [0.2, 0.25) is 0 Å². The van der Waals surface area contributed by atoms with Crippen LogP contribution in [0.4, 0.5) is 10.7 Å². The van der Waals surface area contributed by atoms with Gasteiger partial charge in [0, 0.05) is 0 Å². The number of nitrogens with one attached hydrogen (secondary N) is 2. The molecule has 8 nitrogen and oxygen atoms in total. The Kier molecular flexibility index (Phi) is 7.16. The molecule has 2 N–H and O–H groups in total. The predicted molar refractivity (Wildman–Crippen MR) is 123 cm³/mol. The molecule has 0 radical (unpaired) electrons. The van der Waals surface area contributed by atoms with Crippen molar-refractivity contribution < 1.29 is 27.5 Å². The van der Waals surface area contributed by atoms with E-state index in [-0.39, 0.29) is 22.8 Å². The lowest BCUT2D eigenvalue weighted by Crippen LogP contribution is -2.18. The van der Waals surface area contributed by atoms with E-state index in [1.165, 1.54) is 43.5 Å². The fraction of sp³-hybridized carbons (Fsp3) is 0.182. The quantitative estimate of drug-likeness (QED) is 0.471. The maximum absolute atomic E-state index is 12.9. The molecule has 1 amide bonds. The second kappa shape index (κ2) is 9.84. The third-order valence-electron chi connectivity index (χ3n) is 4.40. The maximum Gasteiger partial charge on any atom is 0.348 e. The van der Waals surface area contributed by atoms with Gasteiger partial charge in [0.1, 0.15) is 10.6 Å². The van der Waals surface area contributed by atoms with Gasteiger partial charge >= 0.3 is 5.97 Å². The van der Waals surface area contributed by atoms with Gasteiger partial charge in [-0.25, -0.2) is 13.2 Å². The van der Waals surface area contributed by atoms with Gasteiger partial charge in [-0.3, -0.25) is 9.52 Å². The van der Waals surface area contributed by atoms with Crippen molar-refractivity contribution in [3.8, 4) is 5.75 Å². The number of hydrogen-bond acceptors (Lipinski definition) is 7. The van der Waals surface area contributed by atoms with E-state index in [1.807, 2.05) is 0 Å². The molecule has 0 fully saturated rings. The summed E-state index contributed by atoms with van der Waals surface area (Å²) in [6.45, 7) is 3.71. The Balaban J connectivity index is 1.82. The van der Waals surface area contributed by atoms with E-state index >= 15 is 0 Å². The number of ether oxygens (including phenoxy) is 2. The highest BCUT2D eigenvalue weighted by Gasteiger charge is 2.20. The second-order valence-corrected chi connectivity index (χ2v) is 9.36.